The number of hydrogen-bond donors (Lipinski definition) is 0. The number of hydrogen-bond acceptors (Lipinski definition) is 21. The molecule has 0 saturated carbocycles. The van der Waals surface area contributed by atoms with E-state index in [9.17, 15) is 69.1 Å². The summed E-state index contributed by atoms with van der Waals surface area (Å²) in [6, 6.07) is 72.5. The SMILES string of the molecule is Cc1c(S(C)(=O)=O)c(-c2cccc(N3CCN(c4ccc(N5CCO[P@@]5(=O)c5ccc(C[C@H](CCN(C)C)CSc6ccccc6)c(S(=O)(=O)C(F)(F)F)c5)cc4)CC3)c2)c(-c2ccc(Cl)cc2)n1C(C)C.Cc1c(S(C)(=O)=O)c(-c2cccc(N3CCN(c4ccc(N5CCO[P@@]5(=O)c5ccc(C[C@H](CCN6CCOCC6)CSc6ccccc6)c(S(=O)(=O)C(F)(F)F)c5)cc4)CC3)c2)c(-c2ccc(Cl)cc2)n1C(C)C. The highest BCUT2D eigenvalue weighted by atomic mass is 35.5. The second kappa shape index (κ2) is 46.0. The van der Waals surface area contributed by atoms with Crippen molar-refractivity contribution >= 4 is 146 Å². The zero-order valence-electron chi connectivity index (χ0n) is 83.5. The molecule has 0 N–H and O–H groups in total. The van der Waals surface area contributed by atoms with Crippen LogP contribution < -0.4 is 39.5 Å². The number of morpholine rings is 1. The summed E-state index contributed by atoms with van der Waals surface area (Å²) < 4.78 is 249. The first-order chi connectivity index (χ1) is 69.8. The van der Waals surface area contributed by atoms with Crippen LogP contribution in [0.15, 0.2) is 272 Å². The minimum atomic E-state index is -5.86. The van der Waals surface area contributed by atoms with Crippen molar-refractivity contribution in [2.24, 2.45) is 11.8 Å². The number of ether oxygens (including phenoxy) is 1. The second-order valence-corrected chi connectivity index (χ2v) is 53.9. The van der Waals surface area contributed by atoms with Crippen molar-refractivity contribution in [3.63, 3.8) is 0 Å². The summed E-state index contributed by atoms with van der Waals surface area (Å²) in [5.41, 5.74) is 1.17. The Bertz CT molecular complexity index is 7290. The van der Waals surface area contributed by atoms with E-state index < -0.39 is 75.2 Å². The number of sulfone groups is 4. The minimum Gasteiger partial charge on any atom is -0.379 e. The third kappa shape index (κ3) is 24.6. The monoisotopic (exact) mass is 2200 g/mol. The van der Waals surface area contributed by atoms with Gasteiger partial charge in [-0.1, -0.05) is 120 Å². The molecule has 10 aromatic carbocycles. The van der Waals surface area contributed by atoms with Gasteiger partial charge in [0.05, 0.1) is 81.1 Å². The molecule has 4 atom stereocenters. The summed E-state index contributed by atoms with van der Waals surface area (Å²) in [4.78, 5) is 14.0. The Morgan fingerprint density at radius 2 is 0.755 bits per heavy atom. The van der Waals surface area contributed by atoms with Gasteiger partial charge in [-0.15, -0.1) is 23.5 Å². The molecule has 17 rings (SSSR count). The summed E-state index contributed by atoms with van der Waals surface area (Å²) in [6.45, 7) is 21.6. The summed E-state index contributed by atoms with van der Waals surface area (Å²) in [7, 11) is -23.3. The summed E-state index contributed by atoms with van der Waals surface area (Å²) in [5, 5.41) is 0.916. The number of piperazine rings is 2. The predicted octanol–water partition coefficient (Wildman–Crippen LogP) is 23.1. The standard InChI is InChI=1S/C55H62ClF3N5O7PS3.C53H60ClF3N5O6PS3/c1-39(2)64-40(3)54(74(4,66)67)52(53(64)42-13-16-45(56)17-14-42)44-9-8-10-48(36-44)62-27-25-61(26-28-62)46-18-20-47(21-19-46)63-31-34-71-72(63,65)49-22-15-43(51(37-49)75(68,69)55(57,58)59)35-41(23-24-60-29-32-70-33-30-60)38-73-50-11-6-5-7-12-50;1-37(2)62-38(3)52(71(6,64)65)50(51(62)40-15-18-43(54)19-16-40)42-11-10-12-46(34-42)60-29-27-59(28-30-60)44-20-22-45(23-21-44)61-31-32-68-69(61,63)47-24-17-41(49(35-47)72(66,67)53(55,56)57)33-39(25-26-58(4)5)36-70-48-13-8-7-9-14-48/h5-22,36-37,39,41H,23-35,38H2,1-4H3;7-24,34-35,37,39H,25-33,36H2,1-6H3/t41-,72-;39-,69-/m00/s1. The minimum absolute atomic E-state index is 0.0174. The van der Waals surface area contributed by atoms with E-state index in [1.165, 1.54) is 46.1 Å². The van der Waals surface area contributed by atoms with Gasteiger partial charge in [-0.25, -0.2) is 33.7 Å². The molecule has 0 spiro atoms. The topological polar surface area (TPSA) is 234 Å². The molecule has 5 aliphatic heterocycles. The van der Waals surface area contributed by atoms with E-state index in [0.717, 1.165) is 91.4 Å². The molecule has 5 aliphatic rings. The lowest BCUT2D eigenvalue weighted by molar-refractivity contribution is -0.0442. The molecule has 784 valence electrons. The van der Waals surface area contributed by atoms with E-state index in [4.69, 9.17) is 37.0 Å². The van der Waals surface area contributed by atoms with Crippen LogP contribution in [0.3, 0.4) is 0 Å². The Morgan fingerprint density at radius 1 is 0.401 bits per heavy atom. The van der Waals surface area contributed by atoms with Gasteiger partial charge in [0.1, 0.15) is 0 Å². The largest absolute Gasteiger partial charge is 0.501 e. The first kappa shape index (κ1) is 110. The Morgan fingerprint density at radius 3 is 1.10 bits per heavy atom. The number of alkyl halides is 6. The fraction of sp³-hybridized carbons (Fsp3) is 0.370. The molecule has 5 saturated heterocycles. The molecule has 12 aromatic rings. The summed E-state index contributed by atoms with van der Waals surface area (Å²) in [6.07, 6.45) is 3.89. The Hall–Kier alpha value is -9.52. The Labute approximate surface area is 877 Å². The maximum absolute atomic E-state index is 15.0. The smallest absolute Gasteiger partial charge is 0.379 e. The molecule has 5 fully saturated rings. The normalized spacial score (nSPS) is 18.0. The molecule has 2 aromatic heterocycles. The van der Waals surface area contributed by atoms with Crippen LogP contribution in [0.2, 0.25) is 10.0 Å². The van der Waals surface area contributed by atoms with Gasteiger partial charge in [-0.3, -0.25) is 23.4 Å². The van der Waals surface area contributed by atoms with Crippen molar-refractivity contribution in [2.75, 3.05) is 185 Å². The highest BCUT2D eigenvalue weighted by molar-refractivity contribution is 7.99. The fourth-order valence-corrected chi connectivity index (χ4v) is 31.9. The quantitative estimate of drug-likeness (QED) is 0.0207. The molecule has 23 nitrogen and oxygen atoms in total. The molecule has 147 heavy (non-hydrogen) atoms. The van der Waals surface area contributed by atoms with Crippen molar-refractivity contribution < 1.29 is 82.9 Å². The van der Waals surface area contributed by atoms with Crippen LogP contribution >= 0.6 is 61.8 Å². The second-order valence-electron chi connectivity index (χ2n) is 38.5. The van der Waals surface area contributed by atoms with Crippen LogP contribution in [0.4, 0.5) is 60.5 Å². The molecule has 39 heteroatoms. The number of rotatable bonds is 34. The van der Waals surface area contributed by atoms with Crippen LogP contribution in [-0.4, -0.2) is 220 Å². The molecular formula is C108H122Cl2F6N10O13P2S6. The van der Waals surface area contributed by atoms with E-state index in [1.54, 1.807) is 47.8 Å². The molecule has 0 bridgehead atoms. The van der Waals surface area contributed by atoms with E-state index in [-0.39, 0.29) is 84.8 Å². The van der Waals surface area contributed by atoms with E-state index in [2.05, 4.69) is 45.8 Å². The van der Waals surface area contributed by atoms with Gasteiger partial charge in [0.15, 0.2) is 19.7 Å². The first-order valence-corrected chi connectivity index (χ1v) is 61.5. The maximum Gasteiger partial charge on any atom is 0.501 e. The van der Waals surface area contributed by atoms with Crippen molar-refractivity contribution in [1.82, 2.24) is 18.9 Å². The maximum atomic E-state index is 15.0. The van der Waals surface area contributed by atoms with Crippen molar-refractivity contribution in [2.45, 2.75) is 120 Å². The average molecular weight is 2210 g/mol. The van der Waals surface area contributed by atoms with Gasteiger partial charge in [0.25, 0.3) is 19.7 Å². The Balaban J connectivity index is 0.000000210. The first-order valence-electron chi connectivity index (χ1n) is 48.9. The number of halogens is 8. The van der Waals surface area contributed by atoms with Crippen LogP contribution in [0.5, 0.6) is 0 Å². The average Bonchev–Trinajstić information content (AvgIpc) is 1.60. The predicted molar refractivity (Wildman–Crippen MR) is 583 cm³/mol. The van der Waals surface area contributed by atoms with Crippen LogP contribution in [-0.2, 0) is 75.1 Å². The lowest BCUT2D eigenvalue weighted by Gasteiger charge is -2.37. The Kier molecular flexibility index (Phi) is 34.4. The number of nitrogens with zero attached hydrogens (tertiary/aromatic N) is 10. The van der Waals surface area contributed by atoms with E-state index in [1.807, 2.05) is 230 Å². The van der Waals surface area contributed by atoms with Crippen molar-refractivity contribution in [3.05, 3.63) is 275 Å². The van der Waals surface area contributed by atoms with Crippen LogP contribution in [0, 0.1) is 25.7 Å². The molecule has 0 amide bonds. The number of thioether (sulfide) groups is 2. The van der Waals surface area contributed by atoms with E-state index in [0.29, 0.717) is 157 Å². The van der Waals surface area contributed by atoms with Gasteiger partial charge >= 0.3 is 26.1 Å². The number of benzene rings is 10. The van der Waals surface area contributed by atoms with E-state index >= 15 is 0 Å². The zero-order chi connectivity index (χ0) is 105. The molecule has 7 heterocycles. The lowest BCUT2D eigenvalue weighted by atomic mass is 9.97. The zero-order valence-corrected chi connectivity index (χ0v) is 91.7. The van der Waals surface area contributed by atoms with Crippen LogP contribution in [0.1, 0.15) is 75.1 Å². The fourth-order valence-electron chi connectivity index (χ4n) is 20.3. The summed E-state index contributed by atoms with van der Waals surface area (Å²) in [5.74, 6) is 0.752. The van der Waals surface area contributed by atoms with Gasteiger partial charge in [-0.2, -0.15) is 26.3 Å². The lowest BCUT2D eigenvalue weighted by Crippen LogP contribution is -2.46. The number of aromatic nitrogens is 2. The molecule has 0 radical (unpaired) electrons. The highest BCUT2D eigenvalue weighted by Gasteiger charge is 2.52. The highest BCUT2D eigenvalue weighted by Crippen LogP contribution is 2.59. The van der Waals surface area contributed by atoms with Gasteiger partial charge in [-0.05, 0) is 285 Å². The summed E-state index contributed by atoms with van der Waals surface area (Å²) >= 11 is 15.7. The van der Waals surface area contributed by atoms with Gasteiger partial charge in [0, 0.05) is 178 Å². The third-order valence-corrected chi connectivity index (χ3v) is 41.2. The van der Waals surface area contributed by atoms with Gasteiger partial charge < -0.3 is 47.4 Å². The molecule has 0 unspecified atom stereocenters. The molecular weight excluding hydrogens is 2080 g/mol. The van der Waals surface area contributed by atoms with Crippen molar-refractivity contribution in [3.8, 4) is 44.8 Å². The van der Waals surface area contributed by atoms with Crippen LogP contribution in [0.25, 0.3) is 44.8 Å². The van der Waals surface area contributed by atoms with Gasteiger partial charge in [0.2, 0.25) is 0 Å². The molecule has 0 aliphatic carbocycles. The van der Waals surface area contributed by atoms with Crippen molar-refractivity contribution in [1.29, 1.82) is 0 Å². The number of anilines is 6. The third-order valence-electron chi connectivity index (χ3n) is 27.5.